The first kappa shape index (κ1) is 14.8. The molecule has 0 radical (unpaired) electrons. The van der Waals surface area contributed by atoms with Crippen LogP contribution in [0.25, 0.3) is 11.0 Å². The number of nitrogens with zero attached hydrogens (tertiary/aromatic N) is 3. The highest BCUT2D eigenvalue weighted by atomic mass is 35.5. The molecule has 1 aromatic heterocycles. The molecule has 2 N–H and O–H groups in total. The van der Waals surface area contributed by atoms with Crippen molar-refractivity contribution in [3.8, 4) is 5.75 Å². The minimum absolute atomic E-state index is 0.139. The number of benzene rings is 2. The lowest BCUT2D eigenvalue weighted by atomic mass is 10.2. The van der Waals surface area contributed by atoms with Crippen LogP contribution in [0.1, 0.15) is 5.56 Å². The lowest BCUT2D eigenvalue weighted by Crippen LogP contribution is -2.02. The fourth-order valence-electron chi connectivity index (χ4n) is 2.00. The van der Waals surface area contributed by atoms with Gasteiger partial charge in [0.2, 0.25) is 5.95 Å². The molecule has 0 amide bonds. The van der Waals surface area contributed by atoms with Gasteiger partial charge in [0.25, 0.3) is 0 Å². The van der Waals surface area contributed by atoms with E-state index in [0.29, 0.717) is 33.4 Å². The first-order valence-electron chi connectivity index (χ1n) is 6.58. The largest absolute Gasteiger partial charge is 0.493 e. The van der Waals surface area contributed by atoms with E-state index in [2.05, 4.69) is 15.2 Å². The second-order valence-electron chi connectivity index (χ2n) is 4.67. The van der Waals surface area contributed by atoms with Crippen molar-refractivity contribution in [3.05, 3.63) is 52.0 Å². The summed E-state index contributed by atoms with van der Waals surface area (Å²) in [5, 5.41) is 8.75. The van der Waals surface area contributed by atoms with E-state index in [1.165, 1.54) is 0 Å². The summed E-state index contributed by atoms with van der Waals surface area (Å²) < 4.78 is 5.72. The van der Waals surface area contributed by atoms with E-state index in [4.69, 9.17) is 33.7 Å². The number of halogens is 2. The maximum Gasteiger partial charge on any atom is 0.240 e. The van der Waals surface area contributed by atoms with Gasteiger partial charge in [0.15, 0.2) is 0 Å². The fraction of sp³-hybridized carbons (Fsp3) is 0.133. The van der Waals surface area contributed by atoms with Gasteiger partial charge in [-0.1, -0.05) is 29.3 Å². The van der Waals surface area contributed by atoms with Gasteiger partial charge in [-0.25, -0.2) is 4.98 Å². The number of anilines is 1. The third-order valence-corrected chi connectivity index (χ3v) is 3.82. The van der Waals surface area contributed by atoms with E-state index in [9.17, 15) is 0 Å². The van der Waals surface area contributed by atoms with E-state index >= 15 is 0 Å². The number of nitrogen functional groups attached to an aromatic ring is 1. The molecule has 2 aromatic carbocycles. The Balaban J connectivity index is 1.67. The summed E-state index contributed by atoms with van der Waals surface area (Å²) in [5.74, 6) is 0.841. The number of hydrogen-bond donors (Lipinski definition) is 1. The van der Waals surface area contributed by atoms with Gasteiger partial charge in [-0.15, -0.1) is 10.2 Å². The number of ether oxygens (including phenoxy) is 1. The van der Waals surface area contributed by atoms with Gasteiger partial charge in [0.05, 0.1) is 22.2 Å². The van der Waals surface area contributed by atoms with Crippen LogP contribution in [-0.4, -0.2) is 21.8 Å². The Morgan fingerprint density at radius 2 is 1.82 bits per heavy atom. The molecular formula is C15H12Cl2N4O. The van der Waals surface area contributed by atoms with E-state index in [1.807, 2.05) is 18.2 Å². The van der Waals surface area contributed by atoms with E-state index in [-0.39, 0.29) is 5.95 Å². The van der Waals surface area contributed by atoms with Crippen LogP contribution in [0.15, 0.2) is 36.4 Å². The minimum atomic E-state index is 0.139. The van der Waals surface area contributed by atoms with E-state index < -0.39 is 0 Å². The summed E-state index contributed by atoms with van der Waals surface area (Å²) in [6.07, 6.45) is 0.721. The number of hydrogen-bond acceptors (Lipinski definition) is 5. The molecule has 0 aliphatic heterocycles. The summed E-state index contributed by atoms with van der Waals surface area (Å²) >= 11 is 11.9. The third-order valence-electron chi connectivity index (χ3n) is 3.09. The van der Waals surface area contributed by atoms with Crippen LogP contribution in [0.3, 0.4) is 0 Å². The van der Waals surface area contributed by atoms with Gasteiger partial charge in [-0.2, -0.15) is 0 Å². The summed E-state index contributed by atoms with van der Waals surface area (Å²) in [5.41, 5.74) is 7.91. The van der Waals surface area contributed by atoms with Crippen molar-refractivity contribution < 1.29 is 4.74 Å². The average Bonchev–Trinajstić information content (AvgIpc) is 2.50. The van der Waals surface area contributed by atoms with Crippen molar-refractivity contribution in [2.24, 2.45) is 0 Å². The van der Waals surface area contributed by atoms with Crippen LogP contribution < -0.4 is 10.5 Å². The molecule has 3 rings (SSSR count). The van der Waals surface area contributed by atoms with Crippen LogP contribution >= 0.6 is 23.2 Å². The summed E-state index contributed by atoms with van der Waals surface area (Å²) in [7, 11) is 0. The number of fused-ring (bicyclic) bond motifs is 1. The molecule has 0 aliphatic rings. The average molecular weight is 335 g/mol. The summed E-state index contributed by atoms with van der Waals surface area (Å²) in [6.45, 7) is 0.511. The summed E-state index contributed by atoms with van der Waals surface area (Å²) in [6, 6.07) is 10.9. The van der Waals surface area contributed by atoms with Crippen LogP contribution in [0, 0.1) is 0 Å². The SMILES string of the molecule is Nc1nnc2ccc(OCCc3ccc(Cl)c(Cl)c3)cc2n1. The molecule has 0 fully saturated rings. The van der Waals surface area contributed by atoms with Gasteiger partial charge in [0.1, 0.15) is 11.3 Å². The maximum absolute atomic E-state index is 5.98. The molecule has 0 bridgehead atoms. The quantitative estimate of drug-likeness (QED) is 0.789. The van der Waals surface area contributed by atoms with Gasteiger partial charge in [-0.05, 0) is 29.8 Å². The van der Waals surface area contributed by atoms with Crippen LogP contribution in [0.5, 0.6) is 5.75 Å². The van der Waals surface area contributed by atoms with Crippen molar-refractivity contribution in [1.82, 2.24) is 15.2 Å². The topological polar surface area (TPSA) is 73.9 Å². The van der Waals surface area contributed by atoms with E-state index in [1.54, 1.807) is 18.2 Å². The predicted molar refractivity (Wildman–Crippen MR) is 87.4 cm³/mol. The van der Waals surface area contributed by atoms with Crippen molar-refractivity contribution in [2.45, 2.75) is 6.42 Å². The zero-order valence-electron chi connectivity index (χ0n) is 11.5. The Bertz CT molecular complexity index is 826. The second kappa shape index (κ2) is 6.34. The molecule has 0 aliphatic carbocycles. The lowest BCUT2D eigenvalue weighted by molar-refractivity contribution is 0.322. The molecule has 1 heterocycles. The molecule has 0 atom stereocenters. The first-order valence-corrected chi connectivity index (χ1v) is 7.34. The van der Waals surface area contributed by atoms with Crippen molar-refractivity contribution in [1.29, 1.82) is 0 Å². The van der Waals surface area contributed by atoms with Gasteiger partial charge in [0, 0.05) is 12.5 Å². The second-order valence-corrected chi connectivity index (χ2v) is 5.48. The molecule has 0 saturated carbocycles. The molecule has 22 heavy (non-hydrogen) atoms. The highest BCUT2D eigenvalue weighted by molar-refractivity contribution is 6.42. The summed E-state index contributed by atoms with van der Waals surface area (Å²) in [4.78, 5) is 4.12. The van der Waals surface area contributed by atoms with Gasteiger partial charge >= 0.3 is 0 Å². The number of rotatable bonds is 4. The molecule has 0 unspecified atom stereocenters. The van der Waals surface area contributed by atoms with Gasteiger partial charge < -0.3 is 10.5 Å². The Morgan fingerprint density at radius 1 is 0.955 bits per heavy atom. The lowest BCUT2D eigenvalue weighted by Gasteiger charge is -2.07. The number of nitrogens with two attached hydrogens (primary N) is 1. The highest BCUT2D eigenvalue weighted by Gasteiger charge is 2.03. The van der Waals surface area contributed by atoms with Crippen molar-refractivity contribution in [2.75, 3.05) is 12.3 Å². The first-order chi connectivity index (χ1) is 10.6. The zero-order valence-corrected chi connectivity index (χ0v) is 13.0. The van der Waals surface area contributed by atoms with Crippen molar-refractivity contribution in [3.63, 3.8) is 0 Å². The van der Waals surface area contributed by atoms with Crippen LogP contribution in [0.2, 0.25) is 10.0 Å². The Labute approximate surface area is 137 Å². The Hall–Kier alpha value is -2.11. The molecule has 112 valence electrons. The predicted octanol–water partition coefficient (Wildman–Crippen LogP) is 3.54. The van der Waals surface area contributed by atoms with Gasteiger partial charge in [-0.3, -0.25) is 0 Å². The zero-order chi connectivity index (χ0) is 15.5. The van der Waals surface area contributed by atoms with E-state index in [0.717, 1.165) is 12.0 Å². The van der Waals surface area contributed by atoms with Crippen LogP contribution in [0.4, 0.5) is 5.95 Å². The molecular weight excluding hydrogens is 323 g/mol. The monoisotopic (exact) mass is 334 g/mol. The molecule has 0 saturated heterocycles. The third kappa shape index (κ3) is 3.37. The fourth-order valence-corrected chi connectivity index (χ4v) is 2.32. The smallest absolute Gasteiger partial charge is 0.240 e. The highest BCUT2D eigenvalue weighted by Crippen LogP contribution is 2.23. The number of aromatic nitrogens is 3. The molecule has 7 heteroatoms. The molecule has 5 nitrogen and oxygen atoms in total. The molecule has 3 aromatic rings. The van der Waals surface area contributed by atoms with Crippen molar-refractivity contribution >= 4 is 40.2 Å². The normalized spacial score (nSPS) is 10.8. The standard InChI is InChI=1S/C15H12Cl2N4O/c16-11-3-1-9(7-12(11)17)5-6-22-10-2-4-13-14(8-10)19-15(18)21-20-13/h1-4,7-8H,5-6H2,(H2,18,19,21). The molecule has 0 spiro atoms. The Morgan fingerprint density at radius 3 is 2.64 bits per heavy atom. The van der Waals surface area contributed by atoms with Crippen LogP contribution in [-0.2, 0) is 6.42 Å². The maximum atomic E-state index is 5.98. The Kier molecular flexibility index (Phi) is 4.27. The minimum Gasteiger partial charge on any atom is -0.493 e.